The molecule has 0 bridgehead atoms. The van der Waals surface area contributed by atoms with E-state index in [9.17, 15) is 0 Å². The van der Waals surface area contributed by atoms with E-state index in [0.717, 1.165) is 18.7 Å². The van der Waals surface area contributed by atoms with E-state index >= 15 is 0 Å². The van der Waals surface area contributed by atoms with Gasteiger partial charge in [-0.1, -0.05) is 0 Å². The molecule has 0 saturated carbocycles. The molecule has 0 amide bonds. The van der Waals surface area contributed by atoms with Gasteiger partial charge >= 0.3 is 0 Å². The molecule has 0 aromatic carbocycles. The number of furan rings is 1. The fourth-order valence-electron chi connectivity index (χ4n) is 1.36. The van der Waals surface area contributed by atoms with Crippen LogP contribution in [-0.4, -0.2) is 31.6 Å². The first-order valence-corrected chi connectivity index (χ1v) is 5.48. The van der Waals surface area contributed by atoms with Crippen molar-refractivity contribution in [3.05, 3.63) is 23.7 Å². The van der Waals surface area contributed by atoms with Crippen molar-refractivity contribution in [3.8, 4) is 6.07 Å². The zero-order chi connectivity index (χ0) is 12.0. The van der Waals surface area contributed by atoms with Crippen molar-refractivity contribution >= 4 is 0 Å². The molecular formula is C12H19N3O. The van der Waals surface area contributed by atoms with E-state index in [-0.39, 0.29) is 0 Å². The average Bonchev–Trinajstić information content (AvgIpc) is 2.71. The largest absolute Gasteiger partial charge is 0.449 e. The SMILES string of the molecule is CC(CCN(C)C)NCc1ccc(C#N)o1. The van der Waals surface area contributed by atoms with Crippen LogP contribution in [0.5, 0.6) is 0 Å². The minimum Gasteiger partial charge on any atom is -0.449 e. The topological polar surface area (TPSA) is 52.2 Å². The molecule has 1 atom stereocenters. The Morgan fingerprint density at radius 3 is 2.81 bits per heavy atom. The smallest absolute Gasteiger partial charge is 0.203 e. The summed E-state index contributed by atoms with van der Waals surface area (Å²) in [4.78, 5) is 2.17. The maximum atomic E-state index is 8.60. The van der Waals surface area contributed by atoms with Crippen LogP contribution in [-0.2, 0) is 6.54 Å². The highest BCUT2D eigenvalue weighted by molar-refractivity contribution is 5.18. The molecule has 1 heterocycles. The molecule has 1 unspecified atom stereocenters. The molecule has 16 heavy (non-hydrogen) atoms. The van der Waals surface area contributed by atoms with Crippen LogP contribution >= 0.6 is 0 Å². The Balaban J connectivity index is 2.26. The van der Waals surface area contributed by atoms with E-state index in [2.05, 4.69) is 31.2 Å². The molecule has 1 rings (SSSR count). The van der Waals surface area contributed by atoms with Crippen molar-refractivity contribution in [3.63, 3.8) is 0 Å². The summed E-state index contributed by atoms with van der Waals surface area (Å²) in [5.41, 5.74) is 0. The molecular weight excluding hydrogens is 202 g/mol. The second-order valence-electron chi connectivity index (χ2n) is 4.25. The molecule has 0 saturated heterocycles. The number of nitrogens with zero attached hydrogens (tertiary/aromatic N) is 2. The summed E-state index contributed by atoms with van der Waals surface area (Å²) in [6, 6.07) is 5.95. The normalized spacial score (nSPS) is 12.7. The predicted molar refractivity (Wildman–Crippen MR) is 62.9 cm³/mol. The molecule has 4 nitrogen and oxygen atoms in total. The third-order valence-corrected chi connectivity index (χ3v) is 2.41. The van der Waals surface area contributed by atoms with Crippen LogP contribution in [0.25, 0.3) is 0 Å². The van der Waals surface area contributed by atoms with Gasteiger partial charge in [0, 0.05) is 6.04 Å². The lowest BCUT2D eigenvalue weighted by molar-refractivity contribution is 0.358. The van der Waals surface area contributed by atoms with Gasteiger partial charge in [0.15, 0.2) is 0 Å². The Labute approximate surface area is 96.8 Å². The fourth-order valence-corrected chi connectivity index (χ4v) is 1.36. The summed E-state index contributed by atoms with van der Waals surface area (Å²) in [5.74, 6) is 1.19. The van der Waals surface area contributed by atoms with Crippen LogP contribution in [0.4, 0.5) is 0 Å². The van der Waals surface area contributed by atoms with Crippen molar-refractivity contribution in [1.29, 1.82) is 5.26 Å². The number of nitrogens with one attached hydrogen (secondary N) is 1. The highest BCUT2D eigenvalue weighted by Crippen LogP contribution is 2.06. The maximum absolute atomic E-state index is 8.60. The Hall–Kier alpha value is -1.31. The highest BCUT2D eigenvalue weighted by atomic mass is 16.3. The minimum absolute atomic E-state index is 0.373. The second-order valence-corrected chi connectivity index (χ2v) is 4.25. The Morgan fingerprint density at radius 1 is 1.50 bits per heavy atom. The van der Waals surface area contributed by atoms with E-state index in [0.29, 0.717) is 18.3 Å². The Morgan fingerprint density at radius 2 is 2.25 bits per heavy atom. The molecule has 0 aliphatic rings. The predicted octanol–water partition coefficient (Wildman–Crippen LogP) is 1.58. The average molecular weight is 221 g/mol. The lowest BCUT2D eigenvalue weighted by Gasteiger charge is -2.15. The standard InChI is InChI=1S/C12H19N3O/c1-10(6-7-15(2)3)14-9-12-5-4-11(8-13)16-12/h4-5,10,14H,6-7,9H2,1-3H3. The molecule has 0 aliphatic heterocycles. The summed E-state index contributed by atoms with van der Waals surface area (Å²) in [7, 11) is 4.14. The van der Waals surface area contributed by atoms with Crippen LogP contribution in [0.2, 0.25) is 0 Å². The van der Waals surface area contributed by atoms with E-state index in [1.165, 1.54) is 0 Å². The number of nitriles is 1. The first-order chi connectivity index (χ1) is 7.61. The van der Waals surface area contributed by atoms with E-state index in [4.69, 9.17) is 9.68 Å². The van der Waals surface area contributed by atoms with Gasteiger partial charge in [0.2, 0.25) is 5.76 Å². The molecule has 4 heteroatoms. The zero-order valence-electron chi connectivity index (χ0n) is 10.2. The van der Waals surface area contributed by atoms with Gasteiger partial charge in [0.1, 0.15) is 11.8 Å². The van der Waals surface area contributed by atoms with Crippen LogP contribution in [0, 0.1) is 11.3 Å². The van der Waals surface area contributed by atoms with E-state index in [1.54, 1.807) is 6.07 Å². The lowest BCUT2D eigenvalue weighted by atomic mass is 10.2. The van der Waals surface area contributed by atoms with E-state index in [1.807, 2.05) is 12.1 Å². The van der Waals surface area contributed by atoms with Crippen molar-refractivity contribution in [1.82, 2.24) is 10.2 Å². The van der Waals surface area contributed by atoms with Gasteiger partial charge in [-0.2, -0.15) is 5.26 Å². The highest BCUT2D eigenvalue weighted by Gasteiger charge is 2.05. The van der Waals surface area contributed by atoms with Gasteiger partial charge < -0.3 is 14.6 Å². The third-order valence-electron chi connectivity index (χ3n) is 2.41. The van der Waals surface area contributed by atoms with Gasteiger partial charge in [0.05, 0.1) is 6.54 Å². The van der Waals surface area contributed by atoms with Crippen molar-refractivity contribution in [2.75, 3.05) is 20.6 Å². The van der Waals surface area contributed by atoms with Gasteiger partial charge in [0.25, 0.3) is 0 Å². The minimum atomic E-state index is 0.373. The second kappa shape index (κ2) is 6.31. The van der Waals surface area contributed by atoms with Gasteiger partial charge in [-0.25, -0.2) is 0 Å². The fraction of sp³-hybridized carbons (Fsp3) is 0.583. The molecule has 0 spiro atoms. The van der Waals surface area contributed by atoms with Crippen molar-refractivity contribution < 1.29 is 4.42 Å². The van der Waals surface area contributed by atoms with Crippen LogP contribution in [0.3, 0.4) is 0 Å². The number of hydrogen-bond donors (Lipinski definition) is 1. The van der Waals surface area contributed by atoms with Gasteiger partial charge in [-0.05, 0) is 46.1 Å². The lowest BCUT2D eigenvalue weighted by Crippen LogP contribution is -2.29. The summed E-state index contributed by atoms with van der Waals surface area (Å²) < 4.78 is 5.27. The van der Waals surface area contributed by atoms with Crippen molar-refractivity contribution in [2.24, 2.45) is 0 Å². The monoisotopic (exact) mass is 221 g/mol. The zero-order valence-corrected chi connectivity index (χ0v) is 10.2. The quantitative estimate of drug-likeness (QED) is 0.792. The van der Waals surface area contributed by atoms with Crippen molar-refractivity contribution in [2.45, 2.75) is 25.9 Å². The first-order valence-electron chi connectivity index (χ1n) is 5.48. The van der Waals surface area contributed by atoms with Gasteiger partial charge in [-0.15, -0.1) is 0 Å². The maximum Gasteiger partial charge on any atom is 0.203 e. The molecule has 0 radical (unpaired) electrons. The number of rotatable bonds is 6. The van der Waals surface area contributed by atoms with Crippen LogP contribution < -0.4 is 5.32 Å². The molecule has 0 aliphatic carbocycles. The van der Waals surface area contributed by atoms with E-state index < -0.39 is 0 Å². The van der Waals surface area contributed by atoms with Crippen LogP contribution in [0.1, 0.15) is 24.9 Å². The molecule has 1 N–H and O–H groups in total. The molecule has 0 fully saturated rings. The molecule has 88 valence electrons. The number of hydrogen-bond acceptors (Lipinski definition) is 4. The summed E-state index contributed by atoms with van der Waals surface area (Å²) in [6.45, 7) is 3.89. The summed E-state index contributed by atoms with van der Waals surface area (Å²) in [5, 5.41) is 12.0. The first kappa shape index (κ1) is 12.8. The van der Waals surface area contributed by atoms with Crippen LogP contribution in [0.15, 0.2) is 16.5 Å². The summed E-state index contributed by atoms with van der Waals surface area (Å²) >= 11 is 0. The molecule has 1 aromatic rings. The Kier molecular flexibility index (Phi) is 5.03. The Bertz CT molecular complexity index is 351. The summed E-state index contributed by atoms with van der Waals surface area (Å²) in [6.07, 6.45) is 1.10. The molecule has 1 aromatic heterocycles. The third kappa shape index (κ3) is 4.47. The van der Waals surface area contributed by atoms with Gasteiger partial charge in [-0.3, -0.25) is 0 Å².